The van der Waals surface area contributed by atoms with Crippen LogP contribution >= 0.6 is 0 Å². The second-order valence-corrected chi connectivity index (χ2v) is 0.938. The molecule has 0 fully saturated rings. The van der Waals surface area contributed by atoms with E-state index in [1.807, 2.05) is 0 Å². The maximum absolute atomic E-state index is 9.49. The molecule has 6 nitrogen and oxygen atoms in total. The Morgan fingerprint density at radius 2 is 1.44 bits per heavy atom. The topological polar surface area (TPSA) is 93.1 Å². The first-order valence-electron chi connectivity index (χ1n) is 1.84. The number of hydrogen-bond donors (Lipinski definition) is 2. The number of hydrogen-bond acceptors (Lipinski definition) is 4. The van der Waals surface area contributed by atoms with Gasteiger partial charge in [0, 0.05) is 0 Å². The van der Waals surface area contributed by atoms with Crippen molar-refractivity contribution in [2.45, 2.75) is 0 Å². The predicted octanol–water partition coefficient (Wildman–Crippen LogP) is -0.0902. The molecule has 48 valence electrons. The fraction of sp³-hybridized carbons (Fsp3) is 0. The van der Waals surface area contributed by atoms with Crippen molar-refractivity contribution in [3.8, 4) is 0 Å². The van der Waals surface area contributed by atoms with E-state index in [0.717, 1.165) is 0 Å². The van der Waals surface area contributed by atoms with Crippen LogP contribution in [0.4, 0.5) is 9.59 Å². The SMILES string of the molecule is O=C(O)[O][Be][O]C(=O)O. The van der Waals surface area contributed by atoms with E-state index >= 15 is 0 Å². The molecule has 0 saturated carbocycles. The fourth-order valence-corrected chi connectivity index (χ4v) is 0.130. The van der Waals surface area contributed by atoms with Gasteiger partial charge < -0.3 is 0 Å². The van der Waals surface area contributed by atoms with Gasteiger partial charge in [0.05, 0.1) is 0 Å². The van der Waals surface area contributed by atoms with Gasteiger partial charge in [-0.15, -0.1) is 0 Å². The van der Waals surface area contributed by atoms with E-state index in [1.165, 1.54) is 0 Å². The normalized spacial score (nSPS) is 7.11. The number of carbonyl (C=O) groups is 2. The van der Waals surface area contributed by atoms with Crippen LogP contribution in [0.25, 0.3) is 0 Å². The van der Waals surface area contributed by atoms with Crippen LogP contribution < -0.4 is 0 Å². The zero-order valence-electron chi connectivity index (χ0n) is 4.23. The fourth-order valence-electron chi connectivity index (χ4n) is 0.130. The molecule has 9 heavy (non-hydrogen) atoms. The van der Waals surface area contributed by atoms with Crippen molar-refractivity contribution in [1.82, 2.24) is 0 Å². The van der Waals surface area contributed by atoms with Crippen LogP contribution in [0, 0.1) is 0 Å². The summed E-state index contributed by atoms with van der Waals surface area (Å²) in [5.74, 6) is 0. The summed E-state index contributed by atoms with van der Waals surface area (Å²) in [7, 11) is -0.787. The van der Waals surface area contributed by atoms with Gasteiger partial charge in [-0.05, 0) is 0 Å². The molecule has 0 aliphatic rings. The Labute approximate surface area is 51.5 Å². The van der Waals surface area contributed by atoms with Gasteiger partial charge in [-0.2, -0.15) is 0 Å². The summed E-state index contributed by atoms with van der Waals surface area (Å²) in [4.78, 5) is 19.0. The summed E-state index contributed by atoms with van der Waals surface area (Å²) in [6.45, 7) is 0. The second kappa shape index (κ2) is 3.68. The van der Waals surface area contributed by atoms with E-state index in [-0.39, 0.29) is 0 Å². The molecular formula is C2H2BeO6. The Morgan fingerprint density at radius 3 is 1.67 bits per heavy atom. The summed E-state index contributed by atoms with van der Waals surface area (Å²) in [5.41, 5.74) is 0. The molecule has 0 unspecified atom stereocenters. The first kappa shape index (κ1) is 7.71. The average molecular weight is 131 g/mol. The minimum absolute atomic E-state index is 0.787. The van der Waals surface area contributed by atoms with E-state index in [1.54, 1.807) is 0 Å². The summed E-state index contributed by atoms with van der Waals surface area (Å²) >= 11 is 0. The van der Waals surface area contributed by atoms with Gasteiger partial charge in [0.15, 0.2) is 0 Å². The van der Waals surface area contributed by atoms with Crippen LogP contribution in [0.5, 0.6) is 0 Å². The molecule has 0 aliphatic heterocycles. The molecule has 0 atom stereocenters. The van der Waals surface area contributed by atoms with Gasteiger partial charge in [-0.3, -0.25) is 0 Å². The van der Waals surface area contributed by atoms with Crippen molar-refractivity contribution >= 4 is 21.5 Å². The number of rotatable bonds is 2. The molecule has 0 aromatic carbocycles. The van der Waals surface area contributed by atoms with Gasteiger partial charge in [-0.25, -0.2) is 0 Å². The molecule has 0 aromatic rings. The predicted molar refractivity (Wildman–Crippen MR) is 24.0 cm³/mol. The van der Waals surface area contributed by atoms with Crippen molar-refractivity contribution in [3.05, 3.63) is 0 Å². The molecule has 0 saturated heterocycles. The van der Waals surface area contributed by atoms with Crippen LogP contribution in [0.15, 0.2) is 0 Å². The molecule has 0 heterocycles. The van der Waals surface area contributed by atoms with Crippen molar-refractivity contribution < 1.29 is 28.8 Å². The van der Waals surface area contributed by atoms with Crippen LogP contribution in [-0.4, -0.2) is 31.8 Å². The first-order valence-corrected chi connectivity index (χ1v) is 1.84. The zero-order chi connectivity index (χ0) is 7.28. The van der Waals surface area contributed by atoms with Crippen LogP contribution in [-0.2, 0) is 9.01 Å². The molecule has 0 aromatic heterocycles. The van der Waals surface area contributed by atoms with Crippen molar-refractivity contribution in [3.63, 3.8) is 0 Å². The van der Waals surface area contributed by atoms with Crippen LogP contribution in [0.3, 0.4) is 0 Å². The van der Waals surface area contributed by atoms with E-state index in [4.69, 9.17) is 10.2 Å². The summed E-state index contributed by atoms with van der Waals surface area (Å²) in [5, 5.41) is 15.5. The molecular weight excluding hydrogens is 129 g/mol. The Kier molecular flexibility index (Phi) is 3.15. The maximum atomic E-state index is 9.49. The molecule has 0 rings (SSSR count). The Hall–Kier alpha value is -1.29. The van der Waals surface area contributed by atoms with E-state index in [9.17, 15) is 9.59 Å². The van der Waals surface area contributed by atoms with Crippen LogP contribution in [0.2, 0.25) is 0 Å². The monoisotopic (exact) mass is 131 g/mol. The zero-order valence-corrected chi connectivity index (χ0v) is 4.23. The molecule has 7 heteroatoms. The Morgan fingerprint density at radius 1 is 1.11 bits per heavy atom. The van der Waals surface area contributed by atoms with Crippen molar-refractivity contribution in [2.75, 3.05) is 0 Å². The van der Waals surface area contributed by atoms with Crippen molar-refractivity contribution in [2.24, 2.45) is 0 Å². The van der Waals surface area contributed by atoms with Crippen molar-refractivity contribution in [1.29, 1.82) is 0 Å². The molecule has 0 spiro atoms. The van der Waals surface area contributed by atoms with Gasteiger partial charge in [-0.1, -0.05) is 0 Å². The molecule has 0 bridgehead atoms. The van der Waals surface area contributed by atoms with Gasteiger partial charge in [0.1, 0.15) is 0 Å². The Balaban J connectivity index is 3.10. The van der Waals surface area contributed by atoms with Crippen LogP contribution in [0.1, 0.15) is 0 Å². The summed E-state index contributed by atoms with van der Waals surface area (Å²) in [6, 6.07) is 0. The third-order valence-corrected chi connectivity index (χ3v) is 0.365. The Bertz CT molecular complexity index is 106. The van der Waals surface area contributed by atoms with E-state index in [0.29, 0.717) is 0 Å². The molecule has 0 amide bonds. The number of carboxylic acid groups (broad SMARTS) is 2. The van der Waals surface area contributed by atoms with E-state index < -0.39 is 21.5 Å². The molecule has 0 aliphatic carbocycles. The quantitative estimate of drug-likeness (QED) is 0.508. The first-order chi connectivity index (χ1) is 4.13. The standard InChI is InChI=1S/2CH2O3.Be/c2*2-1(3)4;/h2*(H2,2,3,4);/q;;+2/p-2. The van der Waals surface area contributed by atoms with Gasteiger partial charge in [0.25, 0.3) is 0 Å². The van der Waals surface area contributed by atoms with Gasteiger partial charge >= 0.3 is 50.4 Å². The second-order valence-electron chi connectivity index (χ2n) is 0.938. The third kappa shape index (κ3) is 6.71. The minimum atomic E-state index is -1.57. The third-order valence-electron chi connectivity index (χ3n) is 0.365. The summed E-state index contributed by atoms with van der Waals surface area (Å²) in [6.07, 6.45) is -3.15. The van der Waals surface area contributed by atoms with Gasteiger partial charge in [0.2, 0.25) is 0 Å². The summed E-state index contributed by atoms with van der Waals surface area (Å²) < 4.78 is 7.33. The average Bonchev–Trinajstić information content (AvgIpc) is 1.63. The molecule has 2 N–H and O–H groups in total. The molecule has 0 radical (unpaired) electrons. The van der Waals surface area contributed by atoms with E-state index in [2.05, 4.69) is 9.01 Å².